The fourth-order valence-electron chi connectivity index (χ4n) is 0.685. The molecule has 0 atom stereocenters. The van der Waals surface area contributed by atoms with Crippen molar-refractivity contribution in [2.45, 2.75) is 0 Å². The van der Waals surface area contributed by atoms with Crippen molar-refractivity contribution in [2.75, 3.05) is 0 Å². The molecule has 0 spiro atoms. The highest BCUT2D eigenvalue weighted by atomic mass is 79.9. The molecule has 0 aliphatic carbocycles. The highest BCUT2D eigenvalue weighted by Crippen LogP contribution is 2.19. The second-order valence-electron chi connectivity index (χ2n) is 1.86. The molecular weight excluding hydrogens is 210 g/mol. The normalized spacial score (nSPS) is 9.55. The lowest BCUT2D eigenvalue weighted by atomic mass is 10.3. The molecular formula is C7H6BrNO2. The molecule has 0 bridgehead atoms. The Morgan fingerprint density at radius 1 is 1.73 bits per heavy atom. The molecule has 11 heavy (non-hydrogen) atoms. The van der Waals surface area contributed by atoms with E-state index in [2.05, 4.69) is 34.1 Å². The number of rotatable bonds is 2. The summed E-state index contributed by atoms with van der Waals surface area (Å²) in [7, 11) is 0. The lowest BCUT2D eigenvalue weighted by Gasteiger charge is -1.89. The summed E-state index contributed by atoms with van der Waals surface area (Å²) in [5, 5.41) is 0. The average molecular weight is 216 g/mol. The van der Waals surface area contributed by atoms with Crippen LogP contribution in [0.15, 0.2) is 22.4 Å². The summed E-state index contributed by atoms with van der Waals surface area (Å²) in [6.07, 6.45) is 1.44. The quantitative estimate of drug-likeness (QED) is 0.821. The fraction of sp³-hybridized carbons (Fsp3) is 0. The molecule has 1 aromatic heterocycles. The van der Waals surface area contributed by atoms with Gasteiger partial charge in [0.2, 0.25) is 0 Å². The molecule has 0 radical (unpaired) electrons. The minimum absolute atomic E-state index is 0.400. The number of nitrogens with one attached hydrogen (secondary N) is 1. The second kappa shape index (κ2) is 2.92. The fourth-order valence-corrected chi connectivity index (χ4v) is 0.980. The number of oxazole rings is 1. The Morgan fingerprint density at radius 3 is 2.73 bits per heavy atom. The number of aromatic amines is 1. The molecule has 3 nitrogen and oxygen atoms in total. The predicted molar refractivity (Wildman–Crippen MR) is 47.4 cm³/mol. The van der Waals surface area contributed by atoms with Crippen LogP contribution in [-0.2, 0) is 0 Å². The van der Waals surface area contributed by atoms with E-state index in [0.717, 1.165) is 0 Å². The summed E-state index contributed by atoms with van der Waals surface area (Å²) in [5.74, 6) is -0.104. The third kappa shape index (κ3) is 1.51. The van der Waals surface area contributed by atoms with E-state index in [1.54, 1.807) is 0 Å². The van der Waals surface area contributed by atoms with Crippen LogP contribution in [0.25, 0.3) is 10.6 Å². The van der Waals surface area contributed by atoms with Gasteiger partial charge in [0.05, 0.1) is 0 Å². The van der Waals surface area contributed by atoms with Crippen LogP contribution >= 0.6 is 15.9 Å². The van der Waals surface area contributed by atoms with Crippen LogP contribution in [0.4, 0.5) is 0 Å². The van der Waals surface area contributed by atoms with Gasteiger partial charge in [-0.05, 0) is 22.0 Å². The van der Waals surface area contributed by atoms with Crippen molar-refractivity contribution in [2.24, 2.45) is 0 Å². The van der Waals surface area contributed by atoms with Gasteiger partial charge in [0, 0.05) is 4.48 Å². The Hall–Kier alpha value is -1.03. The second-order valence-corrected chi connectivity index (χ2v) is 2.82. The topological polar surface area (TPSA) is 46.0 Å². The van der Waals surface area contributed by atoms with Gasteiger partial charge in [-0.25, -0.2) is 4.79 Å². The van der Waals surface area contributed by atoms with Crippen molar-refractivity contribution >= 4 is 26.5 Å². The zero-order valence-corrected chi connectivity index (χ0v) is 7.27. The standard InChI is InChI=1S/C7H6BrNO2/c1-3-5-6(4(2)8)9-7(10)11-5/h3H,1-2H2,(H,9,10). The van der Waals surface area contributed by atoms with Gasteiger partial charge in [0.1, 0.15) is 5.69 Å². The highest BCUT2D eigenvalue weighted by Gasteiger charge is 2.06. The van der Waals surface area contributed by atoms with Gasteiger partial charge in [-0.2, -0.15) is 0 Å². The number of H-pyrrole nitrogens is 1. The molecule has 4 heteroatoms. The molecule has 1 aromatic rings. The zero-order valence-electron chi connectivity index (χ0n) is 5.69. The van der Waals surface area contributed by atoms with Crippen molar-refractivity contribution in [3.05, 3.63) is 35.2 Å². The zero-order chi connectivity index (χ0) is 8.43. The third-order valence-electron chi connectivity index (χ3n) is 1.13. The summed E-state index contributed by atoms with van der Waals surface area (Å²) >= 11 is 3.12. The van der Waals surface area contributed by atoms with Gasteiger partial charge in [-0.15, -0.1) is 0 Å². The van der Waals surface area contributed by atoms with Crippen molar-refractivity contribution in [1.82, 2.24) is 4.98 Å². The lowest BCUT2D eigenvalue weighted by molar-refractivity contribution is 0.507. The van der Waals surface area contributed by atoms with E-state index in [9.17, 15) is 4.79 Å². The molecule has 1 N–H and O–H groups in total. The molecule has 1 heterocycles. The van der Waals surface area contributed by atoms with Crippen molar-refractivity contribution in [3.63, 3.8) is 0 Å². The largest absolute Gasteiger partial charge is 0.417 e. The third-order valence-corrected chi connectivity index (χ3v) is 1.53. The first-order valence-electron chi connectivity index (χ1n) is 2.85. The van der Waals surface area contributed by atoms with Crippen LogP contribution in [-0.4, -0.2) is 4.98 Å². The van der Waals surface area contributed by atoms with E-state index in [0.29, 0.717) is 15.9 Å². The van der Waals surface area contributed by atoms with Crippen LogP contribution in [0.3, 0.4) is 0 Å². The molecule has 0 saturated heterocycles. The Kier molecular flexibility index (Phi) is 2.14. The van der Waals surface area contributed by atoms with Crippen LogP contribution in [0.1, 0.15) is 11.5 Å². The van der Waals surface area contributed by atoms with Gasteiger partial charge >= 0.3 is 5.76 Å². The highest BCUT2D eigenvalue weighted by molar-refractivity contribution is 9.15. The Balaban J connectivity index is 3.33. The molecule has 0 aromatic carbocycles. The van der Waals surface area contributed by atoms with Crippen LogP contribution < -0.4 is 5.76 Å². The first kappa shape index (κ1) is 8.07. The van der Waals surface area contributed by atoms with Gasteiger partial charge in [0.15, 0.2) is 5.76 Å². The summed E-state index contributed by atoms with van der Waals surface area (Å²) in [4.78, 5) is 13.1. The minimum atomic E-state index is -0.504. The molecule has 0 aliphatic heterocycles. The van der Waals surface area contributed by atoms with Crippen molar-refractivity contribution < 1.29 is 4.42 Å². The molecule has 0 unspecified atom stereocenters. The van der Waals surface area contributed by atoms with Crippen molar-refractivity contribution in [1.29, 1.82) is 0 Å². The maximum absolute atomic E-state index is 10.6. The molecule has 0 fully saturated rings. The van der Waals surface area contributed by atoms with Gasteiger partial charge in [-0.1, -0.05) is 13.2 Å². The van der Waals surface area contributed by atoms with E-state index in [1.165, 1.54) is 6.08 Å². The summed E-state index contributed by atoms with van der Waals surface area (Å²) in [6.45, 7) is 7.06. The molecule has 1 rings (SSSR count). The Labute approximate surface area is 71.6 Å². The summed E-state index contributed by atoms with van der Waals surface area (Å²) in [6, 6.07) is 0. The SMILES string of the molecule is C=Cc1oc(=O)[nH]c1C(=C)Br. The van der Waals surface area contributed by atoms with Crippen LogP contribution in [0.5, 0.6) is 0 Å². The Bertz CT molecular complexity index is 348. The smallest absolute Gasteiger partial charge is 0.408 e. The van der Waals surface area contributed by atoms with Crippen LogP contribution in [0.2, 0.25) is 0 Å². The van der Waals surface area contributed by atoms with Gasteiger partial charge in [0.25, 0.3) is 0 Å². The van der Waals surface area contributed by atoms with E-state index >= 15 is 0 Å². The molecule has 0 aliphatic rings. The monoisotopic (exact) mass is 215 g/mol. The number of hydrogen-bond acceptors (Lipinski definition) is 2. The molecule has 0 saturated carbocycles. The predicted octanol–water partition coefficient (Wildman–Crippen LogP) is 1.98. The van der Waals surface area contributed by atoms with Crippen molar-refractivity contribution in [3.8, 4) is 0 Å². The lowest BCUT2D eigenvalue weighted by Crippen LogP contribution is -1.94. The molecule has 58 valence electrons. The maximum atomic E-state index is 10.6. The minimum Gasteiger partial charge on any atom is -0.408 e. The number of halogens is 1. The van der Waals surface area contributed by atoms with E-state index in [1.807, 2.05) is 0 Å². The number of aromatic nitrogens is 1. The van der Waals surface area contributed by atoms with Crippen LogP contribution in [0, 0.1) is 0 Å². The molecule has 0 amide bonds. The summed E-state index contributed by atoms with van der Waals surface area (Å²) < 4.78 is 5.27. The Morgan fingerprint density at radius 2 is 2.36 bits per heavy atom. The first-order chi connectivity index (χ1) is 5.15. The average Bonchev–Trinajstić information content (AvgIpc) is 2.30. The van der Waals surface area contributed by atoms with Gasteiger partial charge < -0.3 is 4.42 Å². The van der Waals surface area contributed by atoms with E-state index < -0.39 is 5.76 Å². The van der Waals surface area contributed by atoms with Gasteiger partial charge in [-0.3, -0.25) is 4.98 Å². The first-order valence-corrected chi connectivity index (χ1v) is 3.64. The number of hydrogen-bond donors (Lipinski definition) is 1. The summed E-state index contributed by atoms with van der Waals surface area (Å²) in [5.41, 5.74) is 0.532. The van der Waals surface area contributed by atoms with E-state index in [-0.39, 0.29) is 0 Å². The maximum Gasteiger partial charge on any atom is 0.417 e. The van der Waals surface area contributed by atoms with E-state index in [4.69, 9.17) is 4.42 Å².